The molecule has 5 rings (SSSR count). The van der Waals surface area contributed by atoms with Crippen LogP contribution >= 0.6 is 0 Å². The van der Waals surface area contributed by atoms with E-state index in [9.17, 15) is 9.18 Å². The fourth-order valence-electron chi connectivity index (χ4n) is 5.05. The van der Waals surface area contributed by atoms with Crippen molar-refractivity contribution in [1.82, 2.24) is 20.4 Å². The van der Waals surface area contributed by atoms with Gasteiger partial charge >= 0.3 is 11.8 Å². The zero-order chi connectivity index (χ0) is 24.9. The van der Waals surface area contributed by atoms with Gasteiger partial charge in [-0.15, -0.1) is 0 Å². The third-order valence-electron chi connectivity index (χ3n) is 7.50. The Kier molecular flexibility index (Phi) is 7.60. The first-order chi connectivity index (χ1) is 17.5. The van der Waals surface area contributed by atoms with E-state index in [1.807, 2.05) is 24.3 Å². The molecule has 0 unspecified atom stereocenters. The number of carbonyl (C=O) groups is 1. The first-order valence-electron chi connectivity index (χ1n) is 13.0. The normalized spacial score (nSPS) is 17.9. The maximum absolute atomic E-state index is 13.9. The van der Waals surface area contributed by atoms with Crippen LogP contribution in [-0.4, -0.2) is 53.7 Å². The van der Waals surface area contributed by atoms with Crippen LogP contribution in [0.5, 0.6) is 0 Å². The van der Waals surface area contributed by atoms with Gasteiger partial charge in [-0.05, 0) is 80.9 Å². The highest BCUT2D eigenvalue weighted by molar-refractivity contribution is 5.89. The topological polar surface area (TPSA) is 74.5 Å². The van der Waals surface area contributed by atoms with Crippen LogP contribution in [0.1, 0.15) is 48.9 Å². The van der Waals surface area contributed by atoms with Crippen LogP contribution in [0.3, 0.4) is 0 Å². The van der Waals surface area contributed by atoms with Crippen molar-refractivity contribution in [3.63, 3.8) is 0 Å². The van der Waals surface area contributed by atoms with Gasteiger partial charge in [0.1, 0.15) is 5.82 Å². The summed E-state index contributed by atoms with van der Waals surface area (Å²) in [5.74, 6) is 1.07. The third kappa shape index (κ3) is 5.93. The molecule has 1 N–H and O–H groups in total. The lowest BCUT2D eigenvalue weighted by Gasteiger charge is -2.32. The number of halogens is 1. The molecular weight excluding hydrogens is 457 g/mol. The van der Waals surface area contributed by atoms with E-state index in [0.29, 0.717) is 24.8 Å². The average Bonchev–Trinajstić information content (AvgIpc) is 3.41. The molecule has 0 saturated carbocycles. The molecule has 0 radical (unpaired) electrons. The summed E-state index contributed by atoms with van der Waals surface area (Å²) in [6.45, 7) is 7.42. The summed E-state index contributed by atoms with van der Waals surface area (Å²) < 4.78 is 19.2. The third-order valence-corrected chi connectivity index (χ3v) is 7.50. The molecule has 2 saturated heterocycles. The van der Waals surface area contributed by atoms with Gasteiger partial charge in [-0.1, -0.05) is 30.3 Å². The Morgan fingerprint density at radius 2 is 1.75 bits per heavy atom. The number of carbonyl (C=O) groups excluding carboxylic acids is 1. The van der Waals surface area contributed by atoms with Crippen LogP contribution in [0.4, 0.5) is 10.1 Å². The number of piperidine rings is 2. The van der Waals surface area contributed by atoms with Gasteiger partial charge in [-0.25, -0.2) is 4.39 Å². The van der Waals surface area contributed by atoms with E-state index in [1.165, 1.54) is 24.6 Å². The van der Waals surface area contributed by atoms with E-state index in [1.54, 1.807) is 6.07 Å². The number of hydrogen-bond acceptors (Lipinski definition) is 6. The molecule has 8 heteroatoms. The summed E-state index contributed by atoms with van der Waals surface area (Å²) in [6, 6.07) is 15.1. The number of hydrogen-bond donors (Lipinski definition) is 1. The number of nitrogens with one attached hydrogen (secondary N) is 1. The smallest absolute Gasteiger partial charge is 0.316 e. The summed E-state index contributed by atoms with van der Waals surface area (Å²) >= 11 is 0. The Morgan fingerprint density at radius 3 is 2.47 bits per heavy atom. The zero-order valence-electron chi connectivity index (χ0n) is 20.8. The van der Waals surface area contributed by atoms with Crippen LogP contribution in [0.15, 0.2) is 53.1 Å². The average molecular weight is 492 g/mol. The molecule has 0 bridgehead atoms. The first kappa shape index (κ1) is 24.4. The Bertz CT molecular complexity index is 1150. The van der Waals surface area contributed by atoms with Gasteiger partial charge < -0.3 is 14.7 Å². The van der Waals surface area contributed by atoms with Crippen molar-refractivity contribution in [3.05, 3.63) is 65.8 Å². The van der Waals surface area contributed by atoms with E-state index < -0.39 is 0 Å². The molecule has 0 aliphatic carbocycles. The summed E-state index contributed by atoms with van der Waals surface area (Å²) in [5, 5.41) is 6.96. The standard InChI is InChI=1S/C28H34FN5O2/c1-20-10-16-34(17-11-20)24-8-6-22(7-9-24)26-31-28(36-32-26)27(35)30-18-21-12-14-33(15-13-21)19-23-4-2-3-5-25(23)29/h2-9,20-21H,10-19H2,1H3,(H,30,35). The summed E-state index contributed by atoms with van der Waals surface area (Å²) in [4.78, 5) is 21.6. The SMILES string of the molecule is CC1CCN(c2ccc(-c3noc(C(=O)NCC4CCN(Cc5ccccc5F)CC4)n3)cc2)CC1. The minimum Gasteiger partial charge on any atom is -0.372 e. The van der Waals surface area contributed by atoms with Crippen molar-refractivity contribution < 1.29 is 13.7 Å². The number of anilines is 1. The Balaban J connectivity index is 1.08. The lowest BCUT2D eigenvalue weighted by atomic mass is 9.96. The van der Waals surface area contributed by atoms with Crippen LogP contribution < -0.4 is 10.2 Å². The second-order valence-electron chi connectivity index (χ2n) is 10.2. The van der Waals surface area contributed by atoms with Gasteiger partial charge in [0.2, 0.25) is 5.82 Å². The molecule has 190 valence electrons. The predicted molar refractivity (Wildman–Crippen MR) is 137 cm³/mol. The fourth-order valence-corrected chi connectivity index (χ4v) is 5.05. The second kappa shape index (κ2) is 11.2. The Morgan fingerprint density at radius 1 is 1.03 bits per heavy atom. The maximum Gasteiger partial charge on any atom is 0.316 e. The largest absolute Gasteiger partial charge is 0.372 e. The highest BCUT2D eigenvalue weighted by Gasteiger charge is 2.23. The minimum atomic E-state index is -0.346. The monoisotopic (exact) mass is 491 g/mol. The first-order valence-corrected chi connectivity index (χ1v) is 13.0. The van der Waals surface area contributed by atoms with Crippen molar-refractivity contribution in [2.24, 2.45) is 11.8 Å². The molecule has 3 aromatic rings. The molecule has 7 nitrogen and oxygen atoms in total. The van der Waals surface area contributed by atoms with E-state index in [0.717, 1.165) is 56.1 Å². The van der Waals surface area contributed by atoms with Gasteiger partial charge in [0.15, 0.2) is 0 Å². The second-order valence-corrected chi connectivity index (χ2v) is 10.2. The molecule has 0 spiro atoms. The van der Waals surface area contributed by atoms with Crippen molar-refractivity contribution in [2.45, 2.75) is 39.2 Å². The minimum absolute atomic E-state index is 0.0175. The molecule has 2 aliphatic heterocycles. The Labute approximate surface area is 211 Å². The van der Waals surface area contributed by atoms with Crippen molar-refractivity contribution in [3.8, 4) is 11.4 Å². The van der Waals surface area contributed by atoms with Crippen LogP contribution in [0.25, 0.3) is 11.4 Å². The molecular formula is C28H34FN5O2. The van der Waals surface area contributed by atoms with E-state index in [4.69, 9.17) is 4.52 Å². The molecule has 2 fully saturated rings. The van der Waals surface area contributed by atoms with Crippen molar-refractivity contribution in [1.29, 1.82) is 0 Å². The van der Waals surface area contributed by atoms with E-state index in [2.05, 4.69) is 44.3 Å². The van der Waals surface area contributed by atoms with E-state index >= 15 is 0 Å². The fraction of sp³-hybridized carbons (Fsp3) is 0.464. The Hall–Kier alpha value is -3.26. The van der Waals surface area contributed by atoms with Gasteiger partial charge in [0, 0.05) is 43.0 Å². The molecule has 2 aliphatic rings. The molecule has 2 aromatic carbocycles. The molecule has 36 heavy (non-hydrogen) atoms. The quantitative estimate of drug-likeness (QED) is 0.514. The zero-order valence-corrected chi connectivity index (χ0v) is 20.8. The van der Waals surface area contributed by atoms with Gasteiger partial charge in [0.05, 0.1) is 0 Å². The number of amides is 1. The van der Waals surface area contributed by atoms with Gasteiger partial charge in [-0.2, -0.15) is 4.98 Å². The maximum atomic E-state index is 13.9. The number of aromatic nitrogens is 2. The van der Waals surface area contributed by atoms with Gasteiger partial charge in [0.25, 0.3) is 0 Å². The van der Waals surface area contributed by atoms with Crippen LogP contribution in [0, 0.1) is 17.7 Å². The highest BCUT2D eigenvalue weighted by Crippen LogP contribution is 2.26. The van der Waals surface area contributed by atoms with Crippen molar-refractivity contribution >= 4 is 11.6 Å². The highest BCUT2D eigenvalue weighted by atomic mass is 19.1. The lowest BCUT2D eigenvalue weighted by molar-refractivity contribution is 0.0891. The summed E-state index contributed by atoms with van der Waals surface area (Å²) in [5.41, 5.74) is 2.76. The predicted octanol–water partition coefficient (Wildman–Crippen LogP) is 4.75. The van der Waals surface area contributed by atoms with E-state index in [-0.39, 0.29) is 17.6 Å². The number of rotatable bonds is 7. The summed E-state index contributed by atoms with van der Waals surface area (Å²) in [7, 11) is 0. The molecule has 3 heterocycles. The summed E-state index contributed by atoms with van der Waals surface area (Å²) in [6.07, 6.45) is 4.34. The van der Waals surface area contributed by atoms with Crippen LogP contribution in [-0.2, 0) is 6.54 Å². The van der Waals surface area contributed by atoms with Crippen molar-refractivity contribution in [2.75, 3.05) is 37.6 Å². The molecule has 1 aromatic heterocycles. The molecule has 0 atom stereocenters. The number of nitrogens with zero attached hydrogens (tertiary/aromatic N) is 4. The lowest BCUT2D eigenvalue weighted by Crippen LogP contribution is -2.38. The number of benzene rings is 2. The van der Waals surface area contributed by atoms with Crippen LogP contribution in [0.2, 0.25) is 0 Å². The molecule has 1 amide bonds. The van der Waals surface area contributed by atoms with Gasteiger partial charge in [-0.3, -0.25) is 9.69 Å². The number of likely N-dealkylation sites (tertiary alicyclic amines) is 1.